The summed E-state index contributed by atoms with van der Waals surface area (Å²) in [4.78, 5) is 4.24. The molecule has 0 bridgehead atoms. The Balaban J connectivity index is 1.92. The predicted octanol–water partition coefficient (Wildman–Crippen LogP) is 2.61. The zero-order valence-corrected chi connectivity index (χ0v) is 13.3. The van der Waals surface area contributed by atoms with E-state index in [1.54, 1.807) is 18.2 Å². The number of sulfone groups is 1. The van der Waals surface area contributed by atoms with Crippen molar-refractivity contribution >= 4 is 38.0 Å². The molecule has 0 aliphatic carbocycles. The second kappa shape index (κ2) is 5.75. The van der Waals surface area contributed by atoms with Crippen LogP contribution < -0.4 is 5.32 Å². The molecule has 1 aliphatic rings. The number of rotatable bonds is 3. The van der Waals surface area contributed by atoms with Crippen LogP contribution in [0.15, 0.2) is 24.4 Å². The standard InChI is InChI=1S/C15H14ClN3O2S/c16-12-1-2-14-13(5-12)15(11(6-17)8-18-14)19-7-10-3-4-22(20,21)9-10/h1-2,5,8,10H,3-4,7,9H2,(H,18,19). The van der Waals surface area contributed by atoms with Crippen LogP contribution in [0.1, 0.15) is 12.0 Å². The van der Waals surface area contributed by atoms with Gasteiger partial charge >= 0.3 is 0 Å². The molecule has 0 radical (unpaired) electrons. The highest BCUT2D eigenvalue weighted by Gasteiger charge is 2.27. The van der Waals surface area contributed by atoms with Gasteiger partial charge in [-0.15, -0.1) is 0 Å². The first-order chi connectivity index (χ1) is 10.5. The van der Waals surface area contributed by atoms with Gasteiger partial charge in [-0.2, -0.15) is 5.26 Å². The smallest absolute Gasteiger partial charge is 0.150 e. The third-order valence-electron chi connectivity index (χ3n) is 3.84. The van der Waals surface area contributed by atoms with E-state index in [9.17, 15) is 13.7 Å². The Bertz CT molecular complexity index is 874. The van der Waals surface area contributed by atoms with Crippen LogP contribution in [0, 0.1) is 17.2 Å². The molecule has 1 aromatic heterocycles. The first-order valence-electron chi connectivity index (χ1n) is 6.91. The Kier molecular flexibility index (Phi) is 3.94. The molecule has 1 unspecified atom stereocenters. The fourth-order valence-electron chi connectivity index (χ4n) is 2.72. The second-order valence-corrected chi connectivity index (χ2v) is 8.14. The maximum atomic E-state index is 11.5. The van der Waals surface area contributed by atoms with Gasteiger partial charge in [0, 0.05) is 23.2 Å². The molecule has 0 spiro atoms. The Labute approximate surface area is 133 Å². The van der Waals surface area contributed by atoms with Gasteiger partial charge in [-0.25, -0.2) is 8.42 Å². The number of anilines is 1. The molecule has 1 atom stereocenters. The summed E-state index contributed by atoms with van der Waals surface area (Å²) < 4.78 is 23.0. The largest absolute Gasteiger partial charge is 0.383 e. The Hall–Kier alpha value is -1.84. The lowest BCUT2D eigenvalue weighted by atomic mass is 10.1. The fraction of sp³-hybridized carbons (Fsp3) is 0.333. The average Bonchev–Trinajstić information content (AvgIpc) is 2.83. The zero-order valence-electron chi connectivity index (χ0n) is 11.7. The number of nitriles is 1. The highest BCUT2D eigenvalue weighted by Crippen LogP contribution is 2.29. The number of aromatic nitrogens is 1. The molecule has 5 nitrogen and oxygen atoms in total. The summed E-state index contributed by atoms with van der Waals surface area (Å²) in [5.74, 6) is 0.512. The highest BCUT2D eigenvalue weighted by atomic mass is 35.5. The van der Waals surface area contributed by atoms with E-state index in [0.717, 1.165) is 10.9 Å². The molecule has 0 amide bonds. The van der Waals surface area contributed by atoms with E-state index < -0.39 is 9.84 Å². The number of pyridine rings is 1. The molecule has 7 heteroatoms. The molecule has 114 valence electrons. The van der Waals surface area contributed by atoms with Crippen molar-refractivity contribution < 1.29 is 8.42 Å². The zero-order chi connectivity index (χ0) is 15.7. The van der Waals surface area contributed by atoms with Crippen molar-refractivity contribution in [1.82, 2.24) is 4.98 Å². The third-order valence-corrected chi connectivity index (χ3v) is 5.92. The van der Waals surface area contributed by atoms with Crippen LogP contribution in [-0.2, 0) is 9.84 Å². The molecule has 1 aromatic carbocycles. The van der Waals surface area contributed by atoms with Gasteiger partial charge in [-0.1, -0.05) is 11.6 Å². The van der Waals surface area contributed by atoms with Crippen LogP contribution in [0.3, 0.4) is 0 Å². The van der Waals surface area contributed by atoms with Gasteiger partial charge in [0.15, 0.2) is 9.84 Å². The van der Waals surface area contributed by atoms with Crippen molar-refractivity contribution in [3.63, 3.8) is 0 Å². The summed E-state index contributed by atoms with van der Waals surface area (Å²) in [6.45, 7) is 0.513. The number of nitrogens with one attached hydrogen (secondary N) is 1. The van der Waals surface area contributed by atoms with Crippen LogP contribution in [0.4, 0.5) is 5.69 Å². The molecule has 2 heterocycles. The van der Waals surface area contributed by atoms with Gasteiger partial charge in [-0.3, -0.25) is 4.98 Å². The van der Waals surface area contributed by atoms with Crippen LogP contribution in [-0.4, -0.2) is 31.5 Å². The van der Waals surface area contributed by atoms with Crippen molar-refractivity contribution in [3.05, 3.63) is 35.0 Å². The minimum Gasteiger partial charge on any atom is -0.383 e. The normalized spacial score (nSPS) is 19.9. The lowest BCUT2D eigenvalue weighted by Crippen LogP contribution is -2.16. The highest BCUT2D eigenvalue weighted by molar-refractivity contribution is 7.91. The van der Waals surface area contributed by atoms with Gasteiger partial charge < -0.3 is 5.32 Å². The minimum absolute atomic E-state index is 0.0685. The Morgan fingerprint density at radius 1 is 1.45 bits per heavy atom. The maximum absolute atomic E-state index is 11.5. The van der Waals surface area contributed by atoms with Crippen molar-refractivity contribution in [2.75, 3.05) is 23.4 Å². The summed E-state index contributed by atoms with van der Waals surface area (Å²) in [6, 6.07) is 7.42. The van der Waals surface area contributed by atoms with Gasteiger partial charge in [0.05, 0.1) is 28.3 Å². The number of hydrogen-bond donors (Lipinski definition) is 1. The maximum Gasteiger partial charge on any atom is 0.150 e. The first-order valence-corrected chi connectivity index (χ1v) is 9.11. The van der Waals surface area contributed by atoms with E-state index in [0.29, 0.717) is 29.2 Å². The van der Waals surface area contributed by atoms with Crippen LogP contribution >= 0.6 is 11.6 Å². The Morgan fingerprint density at radius 3 is 2.95 bits per heavy atom. The number of hydrogen-bond acceptors (Lipinski definition) is 5. The predicted molar refractivity (Wildman–Crippen MR) is 86.7 cm³/mol. The Morgan fingerprint density at radius 2 is 2.27 bits per heavy atom. The van der Waals surface area contributed by atoms with E-state index in [1.807, 2.05) is 0 Å². The van der Waals surface area contributed by atoms with E-state index in [2.05, 4.69) is 16.4 Å². The summed E-state index contributed by atoms with van der Waals surface area (Å²) in [7, 11) is -2.90. The molecule has 1 N–H and O–H groups in total. The van der Waals surface area contributed by atoms with Crippen LogP contribution in [0.25, 0.3) is 10.9 Å². The molecular weight excluding hydrogens is 322 g/mol. The number of benzene rings is 1. The van der Waals surface area contributed by atoms with Gasteiger partial charge in [-0.05, 0) is 30.5 Å². The van der Waals surface area contributed by atoms with E-state index in [1.165, 1.54) is 6.20 Å². The average molecular weight is 336 g/mol. The van der Waals surface area contributed by atoms with E-state index >= 15 is 0 Å². The van der Waals surface area contributed by atoms with Crippen molar-refractivity contribution in [3.8, 4) is 6.07 Å². The van der Waals surface area contributed by atoms with Crippen molar-refractivity contribution in [2.45, 2.75) is 6.42 Å². The van der Waals surface area contributed by atoms with Crippen molar-refractivity contribution in [2.24, 2.45) is 5.92 Å². The van der Waals surface area contributed by atoms with Gasteiger partial charge in [0.2, 0.25) is 0 Å². The SMILES string of the molecule is N#Cc1cnc2ccc(Cl)cc2c1NCC1CCS(=O)(=O)C1. The minimum atomic E-state index is -2.90. The third kappa shape index (κ3) is 3.01. The fourth-order valence-corrected chi connectivity index (χ4v) is 4.75. The summed E-state index contributed by atoms with van der Waals surface area (Å²) >= 11 is 6.03. The molecule has 0 saturated carbocycles. The second-order valence-electron chi connectivity index (χ2n) is 5.47. The molecule has 1 saturated heterocycles. The summed E-state index contributed by atoms with van der Waals surface area (Å²) in [6.07, 6.45) is 2.17. The molecule has 3 rings (SSSR count). The van der Waals surface area contributed by atoms with E-state index in [4.69, 9.17) is 11.6 Å². The van der Waals surface area contributed by atoms with Gasteiger partial charge in [0.1, 0.15) is 6.07 Å². The monoisotopic (exact) mass is 335 g/mol. The van der Waals surface area contributed by atoms with Crippen LogP contribution in [0.5, 0.6) is 0 Å². The number of nitrogens with zero attached hydrogens (tertiary/aromatic N) is 2. The topological polar surface area (TPSA) is 82.8 Å². The quantitative estimate of drug-likeness (QED) is 0.932. The molecule has 22 heavy (non-hydrogen) atoms. The van der Waals surface area contributed by atoms with E-state index in [-0.39, 0.29) is 17.4 Å². The van der Waals surface area contributed by atoms with Crippen LogP contribution in [0.2, 0.25) is 5.02 Å². The van der Waals surface area contributed by atoms with Gasteiger partial charge in [0.25, 0.3) is 0 Å². The lowest BCUT2D eigenvalue weighted by Gasteiger charge is -2.14. The summed E-state index contributed by atoms with van der Waals surface area (Å²) in [5.41, 5.74) is 1.83. The molecule has 1 aliphatic heterocycles. The summed E-state index contributed by atoms with van der Waals surface area (Å²) in [5, 5.41) is 13.8. The van der Waals surface area contributed by atoms with Crippen molar-refractivity contribution in [1.29, 1.82) is 5.26 Å². The lowest BCUT2D eigenvalue weighted by molar-refractivity contribution is 0.596. The first kappa shape index (κ1) is 15.1. The molecular formula is C15H14ClN3O2S. The molecule has 2 aromatic rings. The molecule has 1 fully saturated rings. The number of fused-ring (bicyclic) bond motifs is 1. The number of halogens is 1.